The second kappa shape index (κ2) is 7.90. The van der Waals surface area contributed by atoms with Crippen molar-refractivity contribution in [3.8, 4) is 5.75 Å². The van der Waals surface area contributed by atoms with E-state index < -0.39 is 0 Å². The van der Waals surface area contributed by atoms with Gasteiger partial charge in [0, 0.05) is 12.6 Å². The van der Waals surface area contributed by atoms with Gasteiger partial charge >= 0.3 is 0 Å². The Balaban J connectivity index is 2.45. The second-order valence-electron chi connectivity index (χ2n) is 4.66. The molecule has 0 aliphatic carbocycles. The topological polar surface area (TPSA) is 41.5 Å². The average molecular weight is 249 g/mol. The van der Waals surface area contributed by atoms with Crippen molar-refractivity contribution in [1.29, 1.82) is 0 Å². The summed E-state index contributed by atoms with van der Waals surface area (Å²) in [7, 11) is 0. The molecule has 0 radical (unpaired) electrons. The van der Waals surface area contributed by atoms with Gasteiger partial charge < -0.3 is 15.2 Å². The van der Waals surface area contributed by atoms with E-state index in [2.05, 4.69) is 25.7 Å². The first-order chi connectivity index (χ1) is 8.67. The fourth-order valence-electron chi connectivity index (χ4n) is 1.62. The van der Waals surface area contributed by atoms with Crippen molar-refractivity contribution in [3.63, 3.8) is 0 Å². The van der Waals surface area contributed by atoms with Gasteiger partial charge in [-0.2, -0.15) is 0 Å². The van der Waals surface area contributed by atoms with Gasteiger partial charge in [0.2, 0.25) is 0 Å². The van der Waals surface area contributed by atoms with Crippen molar-refractivity contribution in [1.82, 2.24) is 5.32 Å². The molecule has 0 spiro atoms. The van der Waals surface area contributed by atoms with Gasteiger partial charge in [0.05, 0.1) is 6.61 Å². The van der Waals surface area contributed by atoms with Crippen LogP contribution in [-0.2, 0) is 6.54 Å². The summed E-state index contributed by atoms with van der Waals surface area (Å²) < 4.78 is 5.42. The first-order valence-corrected chi connectivity index (χ1v) is 6.34. The Labute approximate surface area is 109 Å². The highest BCUT2D eigenvalue weighted by Crippen LogP contribution is 2.12. The molecule has 0 amide bonds. The molecule has 1 atom stereocenters. The summed E-state index contributed by atoms with van der Waals surface area (Å²) in [5.41, 5.74) is 1.18. The van der Waals surface area contributed by atoms with Crippen LogP contribution in [0.3, 0.4) is 0 Å². The fraction of sp³-hybridized carbons (Fsp3) is 0.467. The molecule has 18 heavy (non-hydrogen) atoms. The van der Waals surface area contributed by atoms with Crippen molar-refractivity contribution in [3.05, 3.63) is 42.5 Å². The van der Waals surface area contributed by atoms with Gasteiger partial charge in [0.1, 0.15) is 12.4 Å². The lowest BCUT2D eigenvalue weighted by atomic mass is 10.1. The highest BCUT2D eigenvalue weighted by molar-refractivity contribution is 5.27. The smallest absolute Gasteiger partial charge is 0.119 e. The van der Waals surface area contributed by atoms with E-state index in [1.807, 2.05) is 24.3 Å². The first-order valence-electron chi connectivity index (χ1n) is 6.34. The number of ether oxygens (including phenoxy) is 1. The molecule has 100 valence electrons. The number of benzene rings is 1. The summed E-state index contributed by atoms with van der Waals surface area (Å²) in [6.07, 6.45) is 1.73. The summed E-state index contributed by atoms with van der Waals surface area (Å²) in [5, 5.41) is 12.6. The van der Waals surface area contributed by atoms with Crippen LogP contribution >= 0.6 is 0 Å². The van der Waals surface area contributed by atoms with Crippen LogP contribution in [-0.4, -0.2) is 24.4 Å². The largest absolute Gasteiger partial charge is 0.490 e. The SMILES string of the molecule is C=CCOc1ccc(CNC(CO)C(C)C)cc1. The molecule has 1 aromatic carbocycles. The summed E-state index contributed by atoms with van der Waals surface area (Å²) in [6.45, 7) is 9.25. The normalized spacial score (nSPS) is 12.4. The van der Waals surface area contributed by atoms with Crippen molar-refractivity contribution in [2.45, 2.75) is 26.4 Å². The zero-order chi connectivity index (χ0) is 13.4. The van der Waals surface area contributed by atoms with E-state index in [1.165, 1.54) is 5.56 Å². The number of hydrogen-bond donors (Lipinski definition) is 2. The third kappa shape index (κ3) is 4.90. The molecule has 2 N–H and O–H groups in total. The Morgan fingerprint density at radius 2 is 2.00 bits per heavy atom. The van der Waals surface area contributed by atoms with Gasteiger partial charge in [0.15, 0.2) is 0 Å². The van der Waals surface area contributed by atoms with Crippen molar-refractivity contribution < 1.29 is 9.84 Å². The third-order valence-electron chi connectivity index (χ3n) is 2.86. The van der Waals surface area contributed by atoms with Crippen LogP contribution in [0.1, 0.15) is 19.4 Å². The van der Waals surface area contributed by atoms with E-state index in [0.29, 0.717) is 12.5 Å². The number of rotatable bonds is 8. The zero-order valence-corrected chi connectivity index (χ0v) is 11.2. The van der Waals surface area contributed by atoms with E-state index in [-0.39, 0.29) is 12.6 Å². The molecule has 3 nitrogen and oxygen atoms in total. The minimum absolute atomic E-state index is 0.140. The van der Waals surface area contributed by atoms with E-state index in [0.717, 1.165) is 12.3 Å². The molecule has 3 heteroatoms. The van der Waals surface area contributed by atoms with Gasteiger partial charge in [0.25, 0.3) is 0 Å². The van der Waals surface area contributed by atoms with Gasteiger partial charge in [-0.25, -0.2) is 0 Å². The summed E-state index contributed by atoms with van der Waals surface area (Å²) in [5.74, 6) is 1.27. The van der Waals surface area contributed by atoms with E-state index in [1.54, 1.807) is 6.08 Å². The maximum atomic E-state index is 9.22. The fourth-order valence-corrected chi connectivity index (χ4v) is 1.62. The summed E-state index contributed by atoms with van der Waals surface area (Å²) in [4.78, 5) is 0. The molecule has 0 saturated heterocycles. The number of aliphatic hydroxyl groups is 1. The van der Waals surface area contributed by atoms with Gasteiger partial charge in [-0.15, -0.1) is 0 Å². The minimum Gasteiger partial charge on any atom is -0.490 e. The third-order valence-corrected chi connectivity index (χ3v) is 2.86. The number of aliphatic hydroxyl groups excluding tert-OH is 1. The monoisotopic (exact) mass is 249 g/mol. The minimum atomic E-state index is 0.140. The molecule has 0 fully saturated rings. The lowest BCUT2D eigenvalue weighted by Crippen LogP contribution is -2.36. The predicted octanol–water partition coefficient (Wildman–Crippen LogP) is 2.36. The standard InChI is InChI=1S/C15H23NO2/c1-4-9-18-14-7-5-13(6-8-14)10-16-15(11-17)12(2)3/h4-8,12,15-17H,1,9-11H2,2-3H3. The molecule has 0 heterocycles. The lowest BCUT2D eigenvalue weighted by molar-refractivity contribution is 0.210. The van der Waals surface area contributed by atoms with Crippen LogP contribution in [0.2, 0.25) is 0 Å². The van der Waals surface area contributed by atoms with Crippen molar-refractivity contribution in [2.24, 2.45) is 5.92 Å². The molecular formula is C15H23NO2. The zero-order valence-electron chi connectivity index (χ0n) is 11.2. The van der Waals surface area contributed by atoms with E-state index in [9.17, 15) is 5.11 Å². The summed E-state index contributed by atoms with van der Waals surface area (Å²) in [6, 6.07) is 8.09. The molecule has 1 rings (SSSR count). The number of hydrogen-bond acceptors (Lipinski definition) is 3. The Hall–Kier alpha value is -1.32. The Morgan fingerprint density at radius 1 is 1.33 bits per heavy atom. The van der Waals surface area contributed by atoms with Crippen LogP contribution < -0.4 is 10.1 Å². The Bertz CT molecular complexity index is 346. The highest BCUT2D eigenvalue weighted by atomic mass is 16.5. The average Bonchev–Trinajstić information content (AvgIpc) is 2.38. The Kier molecular flexibility index (Phi) is 6.47. The van der Waals surface area contributed by atoms with Crippen molar-refractivity contribution >= 4 is 0 Å². The predicted molar refractivity (Wildman–Crippen MR) is 74.7 cm³/mol. The molecule has 1 unspecified atom stereocenters. The van der Waals surface area contributed by atoms with Gasteiger partial charge in [-0.05, 0) is 23.6 Å². The molecule has 0 aromatic heterocycles. The van der Waals surface area contributed by atoms with Gasteiger partial charge in [-0.1, -0.05) is 38.6 Å². The first kappa shape index (κ1) is 14.7. The van der Waals surface area contributed by atoms with Crippen LogP contribution in [0.25, 0.3) is 0 Å². The van der Waals surface area contributed by atoms with E-state index >= 15 is 0 Å². The second-order valence-corrected chi connectivity index (χ2v) is 4.66. The van der Waals surface area contributed by atoms with Crippen molar-refractivity contribution in [2.75, 3.05) is 13.2 Å². The highest BCUT2D eigenvalue weighted by Gasteiger charge is 2.10. The maximum Gasteiger partial charge on any atom is 0.119 e. The van der Waals surface area contributed by atoms with Crippen LogP contribution in [0, 0.1) is 5.92 Å². The van der Waals surface area contributed by atoms with E-state index in [4.69, 9.17) is 4.74 Å². The maximum absolute atomic E-state index is 9.22. The van der Waals surface area contributed by atoms with Crippen LogP contribution in [0.4, 0.5) is 0 Å². The molecule has 0 saturated carbocycles. The van der Waals surface area contributed by atoms with Crippen LogP contribution in [0.15, 0.2) is 36.9 Å². The van der Waals surface area contributed by atoms with Gasteiger partial charge in [-0.3, -0.25) is 0 Å². The molecule has 0 aliphatic rings. The lowest BCUT2D eigenvalue weighted by Gasteiger charge is -2.20. The van der Waals surface area contributed by atoms with Crippen LogP contribution in [0.5, 0.6) is 5.75 Å². The quantitative estimate of drug-likeness (QED) is 0.695. The molecule has 1 aromatic rings. The molecule has 0 aliphatic heterocycles. The molecule has 0 bridgehead atoms. The molecular weight excluding hydrogens is 226 g/mol. The summed E-state index contributed by atoms with van der Waals surface area (Å²) >= 11 is 0. The Morgan fingerprint density at radius 3 is 2.50 bits per heavy atom. The number of nitrogens with one attached hydrogen (secondary N) is 1.